The topological polar surface area (TPSA) is 59.1 Å². The van der Waals surface area contributed by atoms with Crippen molar-refractivity contribution in [1.29, 1.82) is 0 Å². The van der Waals surface area contributed by atoms with E-state index in [2.05, 4.69) is 56.2 Å². The van der Waals surface area contributed by atoms with Crippen molar-refractivity contribution in [3.63, 3.8) is 0 Å². The molecule has 30 heavy (non-hydrogen) atoms. The van der Waals surface area contributed by atoms with Crippen LogP contribution in [0.25, 0.3) is 11.3 Å². The zero-order valence-electron chi connectivity index (χ0n) is 17.5. The Kier molecular flexibility index (Phi) is 6.27. The number of halogens is 1. The van der Waals surface area contributed by atoms with Gasteiger partial charge in [0.2, 0.25) is 0 Å². The second-order valence-corrected chi connectivity index (χ2v) is 8.42. The Morgan fingerprint density at radius 2 is 2.00 bits per heavy atom. The maximum Gasteiger partial charge on any atom is 0.167 e. The molecular formula is C23H30ClN5O. The molecule has 3 aromatic rings. The van der Waals surface area contributed by atoms with Crippen molar-refractivity contribution in [1.82, 2.24) is 24.9 Å². The molecule has 1 aromatic carbocycles. The molecule has 2 aliphatic rings. The van der Waals surface area contributed by atoms with Crippen LogP contribution in [0.3, 0.4) is 0 Å². The van der Waals surface area contributed by atoms with E-state index < -0.39 is 0 Å². The Morgan fingerprint density at radius 3 is 2.77 bits per heavy atom. The summed E-state index contributed by atoms with van der Waals surface area (Å²) in [5, 5.41) is 7.90. The van der Waals surface area contributed by atoms with Crippen LogP contribution in [0.15, 0.2) is 53.3 Å². The van der Waals surface area contributed by atoms with Crippen molar-refractivity contribution in [3.05, 3.63) is 60.3 Å². The monoisotopic (exact) mass is 427 g/mol. The first-order valence-electron chi connectivity index (χ1n) is 10.7. The normalized spacial score (nSPS) is 19.7. The lowest BCUT2D eigenvalue weighted by Crippen LogP contribution is -2.36. The minimum Gasteiger partial charge on any atom is -0.356 e. The molecule has 2 fully saturated rings. The summed E-state index contributed by atoms with van der Waals surface area (Å²) in [5.41, 5.74) is 2.54. The summed E-state index contributed by atoms with van der Waals surface area (Å²) in [7, 11) is 0. The molecule has 7 heteroatoms. The van der Waals surface area contributed by atoms with E-state index >= 15 is 0 Å². The van der Waals surface area contributed by atoms with Gasteiger partial charge in [0.05, 0.1) is 12.2 Å². The third-order valence-corrected chi connectivity index (χ3v) is 6.66. The summed E-state index contributed by atoms with van der Waals surface area (Å²) >= 11 is 0. The number of aromatic nitrogens is 3. The van der Waals surface area contributed by atoms with E-state index in [0.29, 0.717) is 11.5 Å². The van der Waals surface area contributed by atoms with Gasteiger partial charge >= 0.3 is 0 Å². The second-order valence-electron chi connectivity index (χ2n) is 8.42. The molecule has 6 nitrogen and oxygen atoms in total. The van der Waals surface area contributed by atoms with Gasteiger partial charge in [-0.05, 0) is 44.7 Å². The largest absolute Gasteiger partial charge is 0.356 e. The first-order valence-corrected chi connectivity index (χ1v) is 10.7. The third-order valence-electron chi connectivity index (χ3n) is 6.66. The molecule has 1 aliphatic carbocycles. The van der Waals surface area contributed by atoms with E-state index in [9.17, 15) is 0 Å². The summed E-state index contributed by atoms with van der Waals surface area (Å²) in [6.45, 7) is 7.04. The quantitative estimate of drug-likeness (QED) is 0.614. The highest BCUT2D eigenvalue weighted by molar-refractivity contribution is 5.85. The number of rotatable bonds is 7. The van der Waals surface area contributed by atoms with Gasteiger partial charge in [-0.2, -0.15) is 0 Å². The lowest BCUT2D eigenvalue weighted by molar-refractivity contribution is 0.178. The molecule has 1 N–H and O–H groups in total. The number of imidazole rings is 1. The van der Waals surface area contributed by atoms with E-state index in [0.717, 1.165) is 55.6 Å². The Balaban J connectivity index is 0.00000218. The van der Waals surface area contributed by atoms with Crippen molar-refractivity contribution in [2.45, 2.75) is 51.9 Å². The average Bonchev–Trinajstić information content (AvgIpc) is 3.12. The van der Waals surface area contributed by atoms with E-state index in [1.54, 1.807) is 0 Å². The van der Waals surface area contributed by atoms with Crippen LogP contribution in [0, 0.1) is 5.41 Å². The molecule has 3 heterocycles. The molecule has 5 rings (SSSR count). The van der Waals surface area contributed by atoms with Crippen LogP contribution < -0.4 is 5.32 Å². The van der Waals surface area contributed by atoms with Crippen LogP contribution in [0.1, 0.15) is 37.7 Å². The van der Waals surface area contributed by atoms with Gasteiger partial charge in [0.1, 0.15) is 5.82 Å². The average molecular weight is 428 g/mol. The summed E-state index contributed by atoms with van der Waals surface area (Å²) < 4.78 is 7.90. The number of aryl methyl sites for hydroxylation is 1. The van der Waals surface area contributed by atoms with Gasteiger partial charge in [0, 0.05) is 43.2 Å². The van der Waals surface area contributed by atoms with Gasteiger partial charge in [-0.25, -0.2) is 4.98 Å². The Bertz CT molecular complexity index is 947. The fourth-order valence-corrected chi connectivity index (χ4v) is 4.87. The molecule has 1 saturated carbocycles. The van der Waals surface area contributed by atoms with E-state index in [-0.39, 0.29) is 12.4 Å². The number of hydrogen-bond acceptors (Lipinski definition) is 5. The highest BCUT2D eigenvalue weighted by Gasteiger charge is 2.56. The van der Waals surface area contributed by atoms with E-state index in [1.807, 2.05) is 24.4 Å². The number of piperidine rings is 1. The molecule has 1 atom stereocenters. The van der Waals surface area contributed by atoms with Gasteiger partial charge in [-0.15, -0.1) is 12.4 Å². The molecule has 0 radical (unpaired) electrons. The molecule has 1 spiro atoms. The van der Waals surface area contributed by atoms with Crippen molar-refractivity contribution >= 4 is 12.4 Å². The predicted molar refractivity (Wildman–Crippen MR) is 119 cm³/mol. The fraction of sp³-hybridized carbons (Fsp3) is 0.478. The van der Waals surface area contributed by atoms with Gasteiger partial charge < -0.3 is 14.4 Å². The first kappa shape index (κ1) is 21.1. The molecule has 160 valence electrons. The number of benzene rings is 1. The smallest absolute Gasteiger partial charge is 0.167 e. The van der Waals surface area contributed by atoms with Crippen LogP contribution in [0.4, 0.5) is 0 Å². The maximum atomic E-state index is 5.66. The lowest BCUT2D eigenvalue weighted by Gasteiger charge is -2.29. The van der Waals surface area contributed by atoms with Crippen molar-refractivity contribution < 1.29 is 4.52 Å². The van der Waals surface area contributed by atoms with E-state index in [4.69, 9.17) is 4.52 Å². The lowest BCUT2D eigenvalue weighted by atomic mass is 9.93. The maximum absolute atomic E-state index is 5.66. The number of nitrogens with one attached hydrogen (secondary N) is 1. The summed E-state index contributed by atoms with van der Waals surface area (Å²) in [5.74, 6) is 1.97. The van der Waals surface area contributed by atoms with Gasteiger partial charge in [0.15, 0.2) is 5.76 Å². The first-order chi connectivity index (χ1) is 14.3. The molecule has 1 unspecified atom stereocenters. The standard InChI is InChI=1S/C23H29N5O.ClH/c1-2-27-13-12-25-22(27)17-28(21-15-23(21)8-10-24-11-9-23)16-19-14-20(29-26-19)18-6-4-3-5-7-18;/h3-7,12-14,21,24H,2,8-11,15-17H2,1H3;1H. The van der Waals surface area contributed by atoms with Crippen LogP contribution >= 0.6 is 12.4 Å². The predicted octanol–water partition coefficient (Wildman–Crippen LogP) is 4.12. The van der Waals surface area contributed by atoms with E-state index in [1.165, 1.54) is 19.3 Å². The number of nitrogens with zero attached hydrogens (tertiary/aromatic N) is 4. The second kappa shape index (κ2) is 8.92. The molecular weight excluding hydrogens is 398 g/mol. The van der Waals surface area contributed by atoms with Crippen molar-refractivity contribution in [2.75, 3.05) is 13.1 Å². The molecule has 1 saturated heterocycles. The minimum absolute atomic E-state index is 0. The van der Waals surface area contributed by atoms with Gasteiger partial charge in [0.25, 0.3) is 0 Å². The minimum atomic E-state index is 0. The van der Waals surface area contributed by atoms with Crippen LogP contribution in [-0.4, -0.2) is 38.7 Å². The number of hydrogen-bond donors (Lipinski definition) is 1. The summed E-state index contributed by atoms with van der Waals surface area (Å²) in [6.07, 6.45) is 7.80. The highest BCUT2D eigenvalue weighted by Crippen LogP contribution is 2.56. The molecule has 2 aromatic heterocycles. The molecule has 1 aliphatic heterocycles. The summed E-state index contributed by atoms with van der Waals surface area (Å²) in [6, 6.07) is 12.9. The zero-order valence-corrected chi connectivity index (χ0v) is 18.3. The van der Waals surface area contributed by atoms with Crippen LogP contribution in [0.5, 0.6) is 0 Å². The zero-order chi connectivity index (χ0) is 19.7. The molecule has 0 amide bonds. The van der Waals surface area contributed by atoms with Crippen LogP contribution in [-0.2, 0) is 19.6 Å². The van der Waals surface area contributed by atoms with Crippen LogP contribution in [0.2, 0.25) is 0 Å². The highest BCUT2D eigenvalue weighted by atomic mass is 35.5. The van der Waals surface area contributed by atoms with Crippen molar-refractivity contribution in [3.8, 4) is 11.3 Å². The van der Waals surface area contributed by atoms with Crippen molar-refractivity contribution in [2.24, 2.45) is 5.41 Å². The molecule has 0 bridgehead atoms. The Morgan fingerprint density at radius 1 is 1.20 bits per heavy atom. The third kappa shape index (κ3) is 4.17. The summed E-state index contributed by atoms with van der Waals surface area (Å²) in [4.78, 5) is 7.21. The Hall–Kier alpha value is -2.15. The SMILES string of the molecule is CCn1ccnc1CN(Cc1cc(-c2ccccc2)on1)C1CC12CCNCC2.Cl. The Labute approximate surface area is 184 Å². The fourth-order valence-electron chi connectivity index (χ4n) is 4.87. The van der Waals surface area contributed by atoms with Gasteiger partial charge in [-0.3, -0.25) is 4.90 Å². The van der Waals surface area contributed by atoms with Gasteiger partial charge in [-0.1, -0.05) is 35.5 Å².